The Bertz CT molecular complexity index is 740. The first-order valence-electron chi connectivity index (χ1n) is 7.52. The second-order valence-corrected chi connectivity index (χ2v) is 7.55. The second-order valence-electron chi connectivity index (χ2n) is 5.77. The molecule has 1 saturated heterocycles. The van der Waals surface area contributed by atoms with E-state index < -0.39 is 16.0 Å². The molecule has 0 saturated carbocycles. The van der Waals surface area contributed by atoms with Gasteiger partial charge < -0.3 is 10.0 Å². The summed E-state index contributed by atoms with van der Waals surface area (Å²) in [6.07, 6.45) is 5.58. The zero-order valence-corrected chi connectivity index (χ0v) is 14.1. The number of hydrogen-bond donors (Lipinski definition) is 2. The van der Waals surface area contributed by atoms with E-state index in [1.807, 2.05) is 0 Å². The molecular formula is C16H20N2O5S. The van der Waals surface area contributed by atoms with Crippen molar-refractivity contribution < 1.29 is 23.1 Å². The standard InChI is InChI=1S/C16H20N2O5S/c1-24(22,23)17-14-3-2-10-18(11-14)15(19)9-6-12-4-7-13(8-5-12)16(20)21/h4-9,14,17H,2-3,10-11H2,1H3,(H,20,21)/b9-6+. The van der Waals surface area contributed by atoms with Gasteiger partial charge in [0.2, 0.25) is 15.9 Å². The fourth-order valence-electron chi connectivity index (χ4n) is 2.59. The number of carboxylic acid groups (broad SMARTS) is 1. The van der Waals surface area contributed by atoms with E-state index in [2.05, 4.69) is 4.72 Å². The fraction of sp³-hybridized carbons (Fsp3) is 0.375. The summed E-state index contributed by atoms with van der Waals surface area (Å²) in [5, 5.41) is 8.84. The average molecular weight is 352 g/mol. The number of rotatable bonds is 5. The van der Waals surface area contributed by atoms with Crippen molar-refractivity contribution in [3.63, 3.8) is 0 Å². The minimum Gasteiger partial charge on any atom is -0.478 e. The molecule has 8 heteroatoms. The van der Waals surface area contributed by atoms with Gasteiger partial charge >= 0.3 is 5.97 Å². The van der Waals surface area contributed by atoms with Gasteiger partial charge in [-0.2, -0.15) is 0 Å². The lowest BCUT2D eigenvalue weighted by Crippen LogP contribution is -2.48. The Morgan fingerprint density at radius 3 is 2.54 bits per heavy atom. The van der Waals surface area contributed by atoms with Gasteiger partial charge in [-0.1, -0.05) is 12.1 Å². The normalized spacial score (nSPS) is 18.7. The molecule has 2 N–H and O–H groups in total. The molecule has 1 fully saturated rings. The molecule has 24 heavy (non-hydrogen) atoms. The number of piperidine rings is 1. The molecule has 1 unspecified atom stereocenters. The highest BCUT2D eigenvalue weighted by Gasteiger charge is 2.24. The van der Waals surface area contributed by atoms with Gasteiger partial charge in [-0.05, 0) is 36.6 Å². The third kappa shape index (κ3) is 5.47. The van der Waals surface area contributed by atoms with Gasteiger partial charge in [0.25, 0.3) is 0 Å². The van der Waals surface area contributed by atoms with Gasteiger partial charge in [-0.25, -0.2) is 17.9 Å². The number of carbonyl (C=O) groups is 2. The van der Waals surface area contributed by atoms with Crippen molar-refractivity contribution in [2.75, 3.05) is 19.3 Å². The lowest BCUT2D eigenvalue weighted by atomic mass is 10.1. The van der Waals surface area contributed by atoms with Crippen molar-refractivity contribution in [3.05, 3.63) is 41.5 Å². The van der Waals surface area contributed by atoms with Gasteiger partial charge in [0.1, 0.15) is 0 Å². The summed E-state index contributed by atoms with van der Waals surface area (Å²) in [5.41, 5.74) is 0.903. The number of likely N-dealkylation sites (tertiary alicyclic amines) is 1. The first kappa shape index (κ1) is 18.2. The first-order valence-corrected chi connectivity index (χ1v) is 9.41. The van der Waals surface area contributed by atoms with Crippen LogP contribution in [0.2, 0.25) is 0 Å². The van der Waals surface area contributed by atoms with E-state index >= 15 is 0 Å². The molecule has 0 spiro atoms. The molecule has 1 amide bonds. The maximum Gasteiger partial charge on any atom is 0.335 e. The predicted octanol–water partition coefficient (Wildman–Crippen LogP) is 0.938. The van der Waals surface area contributed by atoms with Crippen LogP contribution < -0.4 is 4.72 Å². The number of amides is 1. The lowest BCUT2D eigenvalue weighted by Gasteiger charge is -2.32. The Morgan fingerprint density at radius 1 is 1.29 bits per heavy atom. The molecule has 1 aromatic carbocycles. The Balaban J connectivity index is 1.97. The van der Waals surface area contributed by atoms with Gasteiger partial charge in [0.05, 0.1) is 11.8 Å². The van der Waals surface area contributed by atoms with Gasteiger partial charge in [0.15, 0.2) is 0 Å². The van der Waals surface area contributed by atoms with Crippen LogP contribution in [0, 0.1) is 0 Å². The molecule has 130 valence electrons. The van der Waals surface area contributed by atoms with Crippen molar-refractivity contribution >= 4 is 28.0 Å². The maximum atomic E-state index is 12.2. The molecule has 1 aromatic rings. The summed E-state index contributed by atoms with van der Waals surface area (Å²) in [5.74, 6) is -1.20. The smallest absolute Gasteiger partial charge is 0.335 e. The number of benzene rings is 1. The van der Waals surface area contributed by atoms with Crippen LogP contribution in [0.1, 0.15) is 28.8 Å². The van der Waals surface area contributed by atoms with Crippen molar-refractivity contribution in [1.82, 2.24) is 9.62 Å². The monoisotopic (exact) mass is 352 g/mol. The Kier molecular flexibility index (Phi) is 5.74. The quantitative estimate of drug-likeness (QED) is 0.768. The first-order chi connectivity index (χ1) is 11.2. The largest absolute Gasteiger partial charge is 0.478 e. The molecular weight excluding hydrogens is 332 g/mol. The number of nitrogens with zero attached hydrogens (tertiary/aromatic N) is 1. The minimum absolute atomic E-state index is 0.184. The van der Waals surface area contributed by atoms with E-state index in [9.17, 15) is 18.0 Å². The number of aromatic carboxylic acids is 1. The van der Waals surface area contributed by atoms with E-state index in [0.29, 0.717) is 19.5 Å². The second kappa shape index (κ2) is 7.59. The molecule has 1 aliphatic heterocycles. The summed E-state index contributed by atoms with van der Waals surface area (Å²) in [4.78, 5) is 24.6. The van der Waals surface area contributed by atoms with E-state index in [4.69, 9.17) is 5.11 Å². The molecule has 0 bridgehead atoms. The summed E-state index contributed by atoms with van der Waals surface area (Å²) in [6.45, 7) is 0.928. The zero-order chi connectivity index (χ0) is 17.7. The van der Waals surface area contributed by atoms with Crippen molar-refractivity contribution in [1.29, 1.82) is 0 Å². The van der Waals surface area contributed by atoms with E-state index in [-0.39, 0.29) is 17.5 Å². The Labute approximate surface area is 141 Å². The van der Waals surface area contributed by atoms with Crippen LogP contribution in [0.3, 0.4) is 0 Å². The highest BCUT2D eigenvalue weighted by molar-refractivity contribution is 7.88. The third-order valence-corrected chi connectivity index (χ3v) is 4.45. The molecule has 0 aliphatic carbocycles. The summed E-state index contributed by atoms with van der Waals surface area (Å²) in [7, 11) is -3.29. The molecule has 1 atom stereocenters. The summed E-state index contributed by atoms with van der Waals surface area (Å²) >= 11 is 0. The number of nitrogens with one attached hydrogen (secondary N) is 1. The van der Waals surface area contributed by atoms with Crippen LogP contribution in [0.4, 0.5) is 0 Å². The van der Waals surface area contributed by atoms with Crippen LogP contribution in [0.25, 0.3) is 6.08 Å². The van der Waals surface area contributed by atoms with Crippen molar-refractivity contribution in [3.8, 4) is 0 Å². The topological polar surface area (TPSA) is 104 Å². The zero-order valence-electron chi connectivity index (χ0n) is 13.3. The predicted molar refractivity (Wildman–Crippen MR) is 90.0 cm³/mol. The van der Waals surface area contributed by atoms with Crippen LogP contribution in [-0.4, -0.2) is 55.7 Å². The van der Waals surface area contributed by atoms with E-state index in [1.165, 1.54) is 18.2 Å². The molecule has 2 rings (SSSR count). The summed E-state index contributed by atoms with van der Waals surface area (Å²) in [6, 6.07) is 5.93. The third-order valence-electron chi connectivity index (χ3n) is 3.69. The average Bonchev–Trinajstić information content (AvgIpc) is 2.51. The Hall–Kier alpha value is -2.19. The lowest BCUT2D eigenvalue weighted by molar-refractivity contribution is -0.127. The molecule has 0 aromatic heterocycles. The molecule has 0 radical (unpaired) electrons. The van der Waals surface area contributed by atoms with Crippen molar-refractivity contribution in [2.24, 2.45) is 0 Å². The fourth-order valence-corrected chi connectivity index (χ4v) is 3.38. The van der Waals surface area contributed by atoms with Crippen molar-refractivity contribution in [2.45, 2.75) is 18.9 Å². The SMILES string of the molecule is CS(=O)(=O)NC1CCCN(C(=O)/C=C/c2ccc(C(=O)O)cc2)C1. The number of carboxylic acids is 1. The van der Waals surface area contributed by atoms with Crippen LogP contribution in [0.5, 0.6) is 0 Å². The van der Waals surface area contributed by atoms with Crippen LogP contribution in [-0.2, 0) is 14.8 Å². The number of hydrogen-bond acceptors (Lipinski definition) is 4. The van der Waals surface area contributed by atoms with Gasteiger partial charge in [0, 0.05) is 25.2 Å². The highest BCUT2D eigenvalue weighted by atomic mass is 32.2. The number of carbonyl (C=O) groups excluding carboxylic acids is 1. The molecule has 1 heterocycles. The molecule has 7 nitrogen and oxygen atoms in total. The van der Waals surface area contributed by atoms with Crippen LogP contribution >= 0.6 is 0 Å². The van der Waals surface area contributed by atoms with Gasteiger partial charge in [-0.15, -0.1) is 0 Å². The minimum atomic E-state index is -3.29. The van der Waals surface area contributed by atoms with Gasteiger partial charge in [-0.3, -0.25) is 4.79 Å². The Morgan fingerprint density at radius 2 is 1.96 bits per heavy atom. The van der Waals surface area contributed by atoms with E-state index in [0.717, 1.165) is 18.2 Å². The maximum absolute atomic E-state index is 12.2. The molecule has 1 aliphatic rings. The number of sulfonamides is 1. The summed E-state index contributed by atoms with van der Waals surface area (Å²) < 4.78 is 25.1. The van der Waals surface area contributed by atoms with E-state index in [1.54, 1.807) is 23.1 Å². The van der Waals surface area contributed by atoms with Crippen LogP contribution in [0.15, 0.2) is 30.3 Å². The highest BCUT2D eigenvalue weighted by Crippen LogP contribution is 2.12.